The Hall–Kier alpha value is -0.220. The predicted octanol–water partition coefficient (Wildman–Crippen LogP) is 5.73. The van der Waals surface area contributed by atoms with Gasteiger partial charge in [-0.15, -0.1) is 0 Å². The Bertz CT molecular complexity index is 523. The number of halogens is 3. The molecule has 0 heterocycles. The van der Waals surface area contributed by atoms with Crippen LogP contribution in [0.3, 0.4) is 0 Å². The maximum absolute atomic E-state index is 12.3. The third kappa shape index (κ3) is 4.96. The van der Waals surface area contributed by atoms with Crippen molar-refractivity contribution in [2.24, 2.45) is 0 Å². The van der Waals surface area contributed by atoms with E-state index >= 15 is 0 Å². The molecule has 0 amide bonds. The van der Waals surface area contributed by atoms with Crippen molar-refractivity contribution in [3.63, 3.8) is 0 Å². The Morgan fingerprint density at radius 1 is 1.20 bits per heavy atom. The third-order valence-corrected chi connectivity index (χ3v) is 4.59. The largest absolute Gasteiger partial charge is 0.530 e. The van der Waals surface area contributed by atoms with Gasteiger partial charge in [0.1, 0.15) is 5.76 Å². The van der Waals surface area contributed by atoms with Crippen LogP contribution in [0.1, 0.15) is 19.4 Å². The summed E-state index contributed by atoms with van der Waals surface area (Å²) in [5.74, 6) is 0.121. The average Bonchev–Trinajstić information content (AvgIpc) is 2.40. The second-order valence-electron chi connectivity index (χ2n) is 3.48. The van der Waals surface area contributed by atoms with Crippen LogP contribution in [-0.4, -0.2) is 13.2 Å². The number of hydrogen-bond donors (Lipinski definition) is 0. The summed E-state index contributed by atoms with van der Waals surface area (Å²) in [6.45, 7) is 3.71. The van der Waals surface area contributed by atoms with Crippen LogP contribution in [0.4, 0.5) is 0 Å². The fourth-order valence-corrected chi connectivity index (χ4v) is 3.05. The minimum atomic E-state index is -3.71. The van der Waals surface area contributed by atoms with Crippen LogP contribution >= 0.6 is 42.6 Å². The van der Waals surface area contributed by atoms with Crippen molar-refractivity contribution in [2.45, 2.75) is 13.8 Å². The van der Waals surface area contributed by atoms with Crippen LogP contribution in [0.25, 0.3) is 5.76 Å². The summed E-state index contributed by atoms with van der Waals surface area (Å²) in [5, 5.41) is 0.716. The van der Waals surface area contributed by atoms with Gasteiger partial charge >= 0.3 is 7.82 Å². The molecule has 0 unspecified atom stereocenters. The lowest BCUT2D eigenvalue weighted by atomic mass is 10.2. The van der Waals surface area contributed by atoms with Crippen LogP contribution in [0.5, 0.6) is 0 Å². The average molecular weight is 360 g/mol. The molecule has 4 nitrogen and oxygen atoms in total. The molecule has 0 saturated heterocycles. The van der Waals surface area contributed by atoms with Gasteiger partial charge in [-0.3, -0.25) is 9.05 Å². The molecule has 112 valence electrons. The first-order valence-electron chi connectivity index (χ1n) is 5.80. The zero-order valence-electron chi connectivity index (χ0n) is 10.9. The highest BCUT2D eigenvalue weighted by Crippen LogP contribution is 2.53. The molecule has 8 heteroatoms. The van der Waals surface area contributed by atoms with E-state index in [4.69, 9.17) is 48.4 Å². The van der Waals surface area contributed by atoms with E-state index in [0.717, 1.165) is 5.54 Å². The highest BCUT2D eigenvalue weighted by Gasteiger charge is 2.28. The van der Waals surface area contributed by atoms with Crippen molar-refractivity contribution < 1.29 is 18.1 Å². The Morgan fingerprint density at radius 2 is 1.80 bits per heavy atom. The number of phosphoric acid groups is 1. The van der Waals surface area contributed by atoms with Crippen molar-refractivity contribution >= 4 is 48.4 Å². The van der Waals surface area contributed by atoms with E-state index in [1.54, 1.807) is 32.0 Å². The zero-order valence-corrected chi connectivity index (χ0v) is 14.1. The van der Waals surface area contributed by atoms with Crippen LogP contribution in [-0.2, 0) is 18.1 Å². The molecule has 0 aromatic heterocycles. The molecule has 20 heavy (non-hydrogen) atoms. The molecule has 0 spiro atoms. The van der Waals surface area contributed by atoms with Crippen molar-refractivity contribution in [3.8, 4) is 0 Å². The smallest absolute Gasteiger partial charge is 0.402 e. The van der Waals surface area contributed by atoms with E-state index in [2.05, 4.69) is 0 Å². The number of phosphoric ester groups is 1. The van der Waals surface area contributed by atoms with Crippen molar-refractivity contribution in [3.05, 3.63) is 39.3 Å². The Balaban J connectivity index is 3.01. The molecule has 0 N–H and O–H groups in total. The molecule has 1 aromatic carbocycles. The molecule has 0 fully saturated rings. The quantitative estimate of drug-likeness (QED) is 0.461. The van der Waals surface area contributed by atoms with Crippen LogP contribution in [0.2, 0.25) is 10.0 Å². The van der Waals surface area contributed by atoms with Gasteiger partial charge < -0.3 is 4.52 Å². The summed E-state index contributed by atoms with van der Waals surface area (Å²) in [6, 6.07) is 4.75. The summed E-state index contributed by atoms with van der Waals surface area (Å²) >= 11 is 17.5. The molecule has 0 aliphatic carbocycles. The van der Waals surface area contributed by atoms with Crippen molar-refractivity contribution in [1.82, 2.24) is 0 Å². The fourth-order valence-electron chi connectivity index (χ4n) is 1.31. The molecular formula is C12H14Cl3O4P. The SMILES string of the molecule is CCOP(=O)(OCC)OC(=CCl)c1ccc(Cl)c(Cl)c1. The monoisotopic (exact) mass is 358 g/mol. The van der Waals surface area contributed by atoms with E-state index in [-0.39, 0.29) is 19.0 Å². The van der Waals surface area contributed by atoms with Crippen molar-refractivity contribution in [2.75, 3.05) is 13.2 Å². The molecule has 0 radical (unpaired) electrons. The zero-order chi connectivity index (χ0) is 15.2. The van der Waals surface area contributed by atoms with Gasteiger partial charge in [-0.1, -0.05) is 34.8 Å². The molecule has 0 bridgehead atoms. The standard InChI is InChI=1S/C12H14Cl3O4P/c1-3-17-20(16,18-4-2)19-12(8-13)9-5-6-10(14)11(15)7-9/h5-8H,3-4H2,1-2H3. The summed E-state index contributed by atoms with van der Waals surface area (Å²) in [7, 11) is -3.71. The lowest BCUT2D eigenvalue weighted by Gasteiger charge is -2.18. The fraction of sp³-hybridized carbons (Fsp3) is 0.333. The van der Waals surface area contributed by atoms with E-state index in [1.807, 2.05) is 0 Å². The van der Waals surface area contributed by atoms with Gasteiger partial charge in [-0.05, 0) is 32.0 Å². The minimum absolute atomic E-state index is 0.121. The lowest BCUT2D eigenvalue weighted by molar-refractivity contribution is 0.159. The number of hydrogen-bond acceptors (Lipinski definition) is 4. The Morgan fingerprint density at radius 3 is 2.25 bits per heavy atom. The third-order valence-electron chi connectivity index (χ3n) is 2.09. The summed E-state index contributed by atoms with van der Waals surface area (Å²) < 4.78 is 27.6. The molecule has 0 atom stereocenters. The maximum Gasteiger partial charge on any atom is 0.530 e. The van der Waals surface area contributed by atoms with E-state index < -0.39 is 7.82 Å². The summed E-state index contributed by atoms with van der Waals surface area (Å²) in [6.07, 6.45) is 0. The van der Waals surface area contributed by atoms with E-state index in [9.17, 15) is 4.57 Å². The van der Waals surface area contributed by atoms with Crippen LogP contribution in [0.15, 0.2) is 23.7 Å². The number of benzene rings is 1. The van der Waals surface area contributed by atoms with Gasteiger partial charge in [-0.2, -0.15) is 0 Å². The van der Waals surface area contributed by atoms with Crippen molar-refractivity contribution in [1.29, 1.82) is 0 Å². The second-order valence-corrected chi connectivity index (χ2v) is 6.10. The topological polar surface area (TPSA) is 44.8 Å². The maximum atomic E-state index is 12.3. The molecular weight excluding hydrogens is 345 g/mol. The molecule has 0 saturated carbocycles. The first-order valence-corrected chi connectivity index (χ1v) is 8.45. The Kier molecular flexibility index (Phi) is 7.38. The summed E-state index contributed by atoms with van der Waals surface area (Å²) in [4.78, 5) is 0. The molecule has 1 aromatic rings. The highest BCUT2D eigenvalue weighted by molar-refractivity contribution is 7.48. The predicted molar refractivity (Wildman–Crippen MR) is 82.2 cm³/mol. The first kappa shape index (κ1) is 17.8. The lowest BCUT2D eigenvalue weighted by Crippen LogP contribution is -2.00. The Labute approximate surface area is 133 Å². The molecule has 1 rings (SSSR count). The highest BCUT2D eigenvalue weighted by atomic mass is 35.5. The van der Waals surface area contributed by atoms with Crippen LogP contribution in [0, 0.1) is 0 Å². The molecule has 0 aliphatic rings. The van der Waals surface area contributed by atoms with Gasteiger partial charge in [-0.25, -0.2) is 4.57 Å². The minimum Gasteiger partial charge on any atom is -0.402 e. The summed E-state index contributed by atoms with van der Waals surface area (Å²) in [5.41, 5.74) is 1.64. The van der Waals surface area contributed by atoms with Gasteiger partial charge in [0.2, 0.25) is 0 Å². The van der Waals surface area contributed by atoms with E-state index in [1.165, 1.54) is 0 Å². The van der Waals surface area contributed by atoms with Gasteiger partial charge in [0.25, 0.3) is 0 Å². The molecule has 0 aliphatic heterocycles. The first-order chi connectivity index (χ1) is 9.45. The van der Waals surface area contributed by atoms with Gasteiger partial charge in [0.15, 0.2) is 0 Å². The normalized spacial score (nSPS) is 12.6. The van der Waals surface area contributed by atoms with Crippen LogP contribution < -0.4 is 0 Å². The van der Waals surface area contributed by atoms with E-state index in [0.29, 0.717) is 15.6 Å². The van der Waals surface area contributed by atoms with Gasteiger partial charge in [0.05, 0.1) is 23.3 Å². The number of rotatable bonds is 7. The van der Waals surface area contributed by atoms with Gasteiger partial charge in [0, 0.05) is 11.1 Å². The second kappa shape index (κ2) is 8.28.